The van der Waals surface area contributed by atoms with Crippen LogP contribution < -0.4 is 5.32 Å². The van der Waals surface area contributed by atoms with E-state index in [9.17, 15) is 4.39 Å². The van der Waals surface area contributed by atoms with Crippen LogP contribution in [0.5, 0.6) is 0 Å². The lowest BCUT2D eigenvalue weighted by atomic mass is 10.1. The minimum Gasteiger partial charge on any atom is -0.383 e. The van der Waals surface area contributed by atoms with Crippen molar-refractivity contribution in [3.05, 3.63) is 29.6 Å². The van der Waals surface area contributed by atoms with E-state index in [1.54, 1.807) is 6.07 Å². The Morgan fingerprint density at radius 1 is 1.50 bits per heavy atom. The van der Waals surface area contributed by atoms with E-state index in [1.807, 2.05) is 13.0 Å². The van der Waals surface area contributed by atoms with E-state index >= 15 is 0 Å². The SMILES string of the molecule is Cc1ccc(F)c(NCCC2CCCO2)c1. The van der Waals surface area contributed by atoms with Crippen LogP contribution in [0, 0.1) is 12.7 Å². The zero-order chi connectivity index (χ0) is 11.4. The third kappa shape index (κ3) is 2.95. The lowest BCUT2D eigenvalue weighted by Gasteiger charge is -2.11. The fourth-order valence-corrected chi connectivity index (χ4v) is 2.01. The molecule has 1 fully saturated rings. The summed E-state index contributed by atoms with van der Waals surface area (Å²) in [5.74, 6) is -0.182. The summed E-state index contributed by atoms with van der Waals surface area (Å²) in [4.78, 5) is 0. The van der Waals surface area contributed by atoms with Crippen LogP contribution in [0.1, 0.15) is 24.8 Å². The summed E-state index contributed by atoms with van der Waals surface area (Å²) in [5, 5.41) is 3.13. The Labute approximate surface area is 95.8 Å². The van der Waals surface area contributed by atoms with Crippen molar-refractivity contribution < 1.29 is 9.13 Å². The van der Waals surface area contributed by atoms with E-state index in [0.717, 1.165) is 38.0 Å². The summed E-state index contributed by atoms with van der Waals surface area (Å²) >= 11 is 0. The molecule has 0 aliphatic carbocycles. The first-order chi connectivity index (χ1) is 7.75. The Morgan fingerprint density at radius 3 is 3.12 bits per heavy atom. The van der Waals surface area contributed by atoms with Crippen molar-refractivity contribution in [2.75, 3.05) is 18.5 Å². The topological polar surface area (TPSA) is 21.3 Å². The highest BCUT2D eigenvalue weighted by Crippen LogP contribution is 2.18. The first kappa shape index (κ1) is 11.4. The lowest BCUT2D eigenvalue weighted by molar-refractivity contribution is 0.107. The predicted molar refractivity (Wildman–Crippen MR) is 63.2 cm³/mol. The average molecular weight is 223 g/mol. The minimum absolute atomic E-state index is 0.182. The van der Waals surface area contributed by atoms with Crippen molar-refractivity contribution in [3.63, 3.8) is 0 Å². The molecule has 1 N–H and O–H groups in total. The van der Waals surface area contributed by atoms with Crippen LogP contribution in [-0.4, -0.2) is 19.3 Å². The van der Waals surface area contributed by atoms with Gasteiger partial charge < -0.3 is 10.1 Å². The zero-order valence-corrected chi connectivity index (χ0v) is 9.63. The van der Waals surface area contributed by atoms with Crippen LogP contribution in [0.15, 0.2) is 18.2 Å². The van der Waals surface area contributed by atoms with Gasteiger partial charge in [-0.1, -0.05) is 6.07 Å². The summed E-state index contributed by atoms with van der Waals surface area (Å²) in [6, 6.07) is 5.12. The van der Waals surface area contributed by atoms with Crippen molar-refractivity contribution in [1.82, 2.24) is 0 Å². The normalized spacial score (nSPS) is 20.0. The summed E-state index contributed by atoms with van der Waals surface area (Å²) in [6.45, 7) is 3.61. The second-order valence-electron chi connectivity index (χ2n) is 4.33. The van der Waals surface area contributed by atoms with Gasteiger partial charge in [0.25, 0.3) is 0 Å². The van der Waals surface area contributed by atoms with Gasteiger partial charge in [-0.2, -0.15) is 0 Å². The quantitative estimate of drug-likeness (QED) is 0.846. The minimum atomic E-state index is -0.182. The molecule has 1 unspecified atom stereocenters. The first-order valence-corrected chi connectivity index (χ1v) is 5.87. The second-order valence-corrected chi connectivity index (χ2v) is 4.33. The summed E-state index contributed by atoms with van der Waals surface area (Å²) in [6.07, 6.45) is 3.61. The van der Waals surface area contributed by atoms with Gasteiger partial charge in [-0.25, -0.2) is 4.39 Å². The van der Waals surface area contributed by atoms with Gasteiger partial charge >= 0.3 is 0 Å². The standard InChI is InChI=1S/C13H18FNO/c1-10-4-5-12(14)13(9-10)15-7-6-11-3-2-8-16-11/h4-5,9,11,15H,2-3,6-8H2,1H3. The number of anilines is 1. The summed E-state index contributed by atoms with van der Waals surface area (Å²) in [5.41, 5.74) is 1.67. The van der Waals surface area contributed by atoms with Gasteiger partial charge in [-0.3, -0.25) is 0 Å². The van der Waals surface area contributed by atoms with Crippen molar-refractivity contribution in [3.8, 4) is 0 Å². The third-order valence-electron chi connectivity index (χ3n) is 2.93. The second kappa shape index (κ2) is 5.30. The lowest BCUT2D eigenvalue weighted by Crippen LogP contribution is -2.13. The molecule has 0 amide bonds. The van der Waals surface area contributed by atoms with Gasteiger partial charge in [0, 0.05) is 13.2 Å². The van der Waals surface area contributed by atoms with Crippen molar-refractivity contribution in [2.24, 2.45) is 0 Å². The van der Waals surface area contributed by atoms with E-state index in [2.05, 4.69) is 5.32 Å². The largest absolute Gasteiger partial charge is 0.383 e. The Morgan fingerprint density at radius 2 is 2.38 bits per heavy atom. The molecule has 1 aromatic carbocycles. The van der Waals surface area contributed by atoms with Gasteiger partial charge in [0.1, 0.15) is 5.82 Å². The van der Waals surface area contributed by atoms with Crippen LogP contribution in [-0.2, 0) is 4.74 Å². The van der Waals surface area contributed by atoms with Crippen LogP contribution in [0.2, 0.25) is 0 Å². The Kier molecular flexibility index (Phi) is 3.78. The molecule has 1 atom stereocenters. The first-order valence-electron chi connectivity index (χ1n) is 5.87. The molecule has 0 aromatic heterocycles. The van der Waals surface area contributed by atoms with Gasteiger partial charge in [-0.15, -0.1) is 0 Å². The Bertz CT molecular complexity index is 348. The van der Waals surface area contributed by atoms with Crippen LogP contribution in [0.4, 0.5) is 10.1 Å². The number of hydrogen-bond donors (Lipinski definition) is 1. The molecule has 1 heterocycles. The molecule has 16 heavy (non-hydrogen) atoms. The van der Waals surface area contributed by atoms with Crippen molar-refractivity contribution >= 4 is 5.69 Å². The molecule has 1 saturated heterocycles. The number of ether oxygens (including phenoxy) is 1. The molecule has 2 nitrogen and oxygen atoms in total. The summed E-state index contributed by atoms with van der Waals surface area (Å²) < 4.78 is 18.9. The maximum Gasteiger partial charge on any atom is 0.146 e. The Hall–Kier alpha value is -1.09. The maximum absolute atomic E-state index is 13.4. The number of aryl methyl sites for hydroxylation is 1. The zero-order valence-electron chi connectivity index (χ0n) is 9.63. The Balaban J connectivity index is 1.82. The molecule has 88 valence electrons. The van der Waals surface area contributed by atoms with E-state index in [1.165, 1.54) is 6.07 Å². The molecule has 2 rings (SSSR count). The molecule has 3 heteroatoms. The summed E-state index contributed by atoms with van der Waals surface area (Å²) in [7, 11) is 0. The van der Waals surface area contributed by atoms with Crippen LogP contribution in [0.3, 0.4) is 0 Å². The molecular formula is C13H18FNO. The van der Waals surface area contributed by atoms with E-state index in [-0.39, 0.29) is 5.82 Å². The van der Waals surface area contributed by atoms with E-state index in [4.69, 9.17) is 4.74 Å². The van der Waals surface area contributed by atoms with E-state index in [0.29, 0.717) is 11.8 Å². The molecule has 1 aromatic rings. The number of halogens is 1. The molecule has 0 saturated carbocycles. The number of nitrogens with one attached hydrogen (secondary N) is 1. The molecule has 1 aliphatic rings. The number of hydrogen-bond acceptors (Lipinski definition) is 2. The van der Waals surface area contributed by atoms with Gasteiger partial charge in [0.2, 0.25) is 0 Å². The molecular weight excluding hydrogens is 205 g/mol. The monoisotopic (exact) mass is 223 g/mol. The highest BCUT2D eigenvalue weighted by atomic mass is 19.1. The molecule has 1 aliphatic heterocycles. The van der Waals surface area contributed by atoms with E-state index < -0.39 is 0 Å². The number of benzene rings is 1. The smallest absolute Gasteiger partial charge is 0.146 e. The van der Waals surface area contributed by atoms with Crippen molar-refractivity contribution in [2.45, 2.75) is 32.3 Å². The molecule has 0 spiro atoms. The fourth-order valence-electron chi connectivity index (χ4n) is 2.01. The fraction of sp³-hybridized carbons (Fsp3) is 0.538. The highest BCUT2D eigenvalue weighted by Gasteiger charge is 2.14. The van der Waals surface area contributed by atoms with Crippen molar-refractivity contribution in [1.29, 1.82) is 0 Å². The molecule has 0 radical (unpaired) electrons. The maximum atomic E-state index is 13.4. The van der Waals surface area contributed by atoms with Gasteiger partial charge in [-0.05, 0) is 43.9 Å². The third-order valence-corrected chi connectivity index (χ3v) is 2.93. The predicted octanol–water partition coefficient (Wildman–Crippen LogP) is 3.12. The van der Waals surface area contributed by atoms with Gasteiger partial charge in [0.05, 0.1) is 11.8 Å². The molecule has 0 bridgehead atoms. The van der Waals surface area contributed by atoms with Crippen LogP contribution >= 0.6 is 0 Å². The number of rotatable bonds is 4. The average Bonchev–Trinajstić information content (AvgIpc) is 2.76. The van der Waals surface area contributed by atoms with Gasteiger partial charge in [0.15, 0.2) is 0 Å². The highest BCUT2D eigenvalue weighted by molar-refractivity contribution is 5.46. The van der Waals surface area contributed by atoms with Crippen LogP contribution in [0.25, 0.3) is 0 Å².